The largest absolute Gasteiger partial charge is 0.368 e. The van der Waals surface area contributed by atoms with Crippen LogP contribution >= 0.6 is 0 Å². The van der Waals surface area contributed by atoms with Crippen LogP contribution in [0.15, 0.2) is 67.1 Å². The van der Waals surface area contributed by atoms with E-state index in [4.69, 9.17) is 10.7 Å². The van der Waals surface area contributed by atoms with Gasteiger partial charge in [-0.15, -0.1) is 0 Å². The molecule has 0 saturated carbocycles. The van der Waals surface area contributed by atoms with E-state index < -0.39 is 0 Å². The van der Waals surface area contributed by atoms with Gasteiger partial charge < -0.3 is 10.3 Å². The number of nitrogens with two attached hydrogens (primary N) is 1. The zero-order chi connectivity index (χ0) is 22.5. The lowest BCUT2D eigenvalue weighted by Gasteiger charge is -2.25. The van der Waals surface area contributed by atoms with Crippen molar-refractivity contribution in [1.82, 2.24) is 29.3 Å². The molecule has 7 nitrogen and oxygen atoms in total. The predicted molar refractivity (Wildman–Crippen MR) is 128 cm³/mol. The fraction of sp³-hybridized carbons (Fsp3) is 0.200. The van der Waals surface area contributed by atoms with Crippen LogP contribution in [0.5, 0.6) is 0 Å². The Hall–Kier alpha value is -4.00. The third-order valence-corrected chi connectivity index (χ3v) is 5.46. The molecule has 5 aromatic rings. The quantitative estimate of drug-likeness (QED) is 0.446. The third kappa shape index (κ3) is 3.51. The van der Waals surface area contributed by atoms with E-state index in [0.717, 1.165) is 44.8 Å². The van der Waals surface area contributed by atoms with E-state index in [1.807, 2.05) is 24.0 Å². The van der Waals surface area contributed by atoms with E-state index in [1.54, 1.807) is 12.4 Å². The van der Waals surface area contributed by atoms with Gasteiger partial charge in [-0.3, -0.25) is 4.68 Å². The normalized spacial score (nSPS) is 11.9. The van der Waals surface area contributed by atoms with E-state index in [9.17, 15) is 0 Å². The second-order valence-electron chi connectivity index (χ2n) is 8.93. The zero-order valence-electron chi connectivity index (χ0n) is 18.6. The highest BCUT2D eigenvalue weighted by molar-refractivity contribution is 5.86. The Balaban J connectivity index is 1.68. The van der Waals surface area contributed by atoms with E-state index in [-0.39, 0.29) is 11.5 Å². The maximum absolute atomic E-state index is 5.64. The minimum atomic E-state index is -0.156. The summed E-state index contributed by atoms with van der Waals surface area (Å²) >= 11 is 0. The van der Waals surface area contributed by atoms with Gasteiger partial charge in [0.2, 0.25) is 5.95 Å². The fourth-order valence-corrected chi connectivity index (χ4v) is 4.01. The maximum atomic E-state index is 5.64. The first-order valence-electron chi connectivity index (χ1n) is 10.5. The molecule has 0 aliphatic heterocycles. The first-order chi connectivity index (χ1) is 15.3. The highest BCUT2D eigenvalue weighted by atomic mass is 15.2. The number of fused-ring (bicyclic) bond motifs is 1. The molecule has 5 rings (SSSR count). The molecular weight excluding hydrogens is 398 g/mol. The smallest absolute Gasteiger partial charge is 0.219 e. The lowest BCUT2D eigenvalue weighted by atomic mass is 10.0. The Bertz CT molecular complexity index is 1420. The van der Waals surface area contributed by atoms with Gasteiger partial charge in [0.1, 0.15) is 5.82 Å². The molecule has 32 heavy (non-hydrogen) atoms. The van der Waals surface area contributed by atoms with Crippen molar-refractivity contribution in [1.29, 1.82) is 0 Å². The molecule has 2 N–H and O–H groups in total. The highest BCUT2D eigenvalue weighted by Crippen LogP contribution is 2.34. The number of hydrogen-bond acceptors (Lipinski definition) is 5. The minimum Gasteiger partial charge on any atom is -0.368 e. The van der Waals surface area contributed by atoms with E-state index in [2.05, 4.69) is 82.9 Å². The highest BCUT2D eigenvalue weighted by Gasteiger charge is 2.23. The molecule has 0 unspecified atom stereocenters. The summed E-state index contributed by atoms with van der Waals surface area (Å²) in [6.07, 6.45) is 5.43. The first-order valence-corrected chi connectivity index (χ1v) is 10.5. The number of benzene rings is 2. The lowest BCUT2D eigenvalue weighted by molar-refractivity contribution is 0.413. The molecule has 0 aliphatic carbocycles. The van der Waals surface area contributed by atoms with Crippen molar-refractivity contribution in [3.8, 4) is 33.8 Å². The summed E-state index contributed by atoms with van der Waals surface area (Å²) in [5.74, 6) is 1.19. The minimum absolute atomic E-state index is 0.156. The molecule has 0 bridgehead atoms. The molecule has 7 heteroatoms. The van der Waals surface area contributed by atoms with Crippen LogP contribution in [0.3, 0.4) is 0 Å². The van der Waals surface area contributed by atoms with Crippen molar-refractivity contribution in [2.24, 2.45) is 7.05 Å². The number of aromatic nitrogens is 6. The van der Waals surface area contributed by atoms with Crippen molar-refractivity contribution >= 4 is 17.0 Å². The number of aryl methyl sites for hydroxylation is 1. The van der Waals surface area contributed by atoms with Crippen molar-refractivity contribution in [3.05, 3.63) is 67.1 Å². The Kier molecular flexibility index (Phi) is 4.55. The number of hydrogen-bond donors (Lipinski definition) is 1. The van der Waals surface area contributed by atoms with Gasteiger partial charge in [-0.1, -0.05) is 24.3 Å². The van der Waals surface area contributed by atoms with Gasteiger partial charge in [-0.2, -0.15) is 5.10 Å². The SMILES string of the molecule is Cn1ccc(-c2cccc(-c3nc4cc(-c5cnc(N)nc5)ccc4n3C(C)(C)C)c2)n1. The molecule has 160 valence electrons. The second kappa shape index (κ2) is 7.30. The standard InChI is InChI=1S/C25H25N7/c1-25(2,3)32-22-9-8-16(19-14-27-24(26)28-15-19)13-21(22)29-23(32)18-7-5-6-17(12-18)20-10-11-31(4)30-20/h5-15H,1-4H3,(H2,26,27,28). The summed E-state index contributed by atoms with van der Waals surface area (Å²) in [4.78, 5) is 13.3. The van der Waals surface area contributed by atoms with Gasteiger partial charge in [0.05, 0.1) is 16.7 Å². The fourth-order valence-electron chi connectivity index (χ4n) is 4.01. The van der Waals surface area contributed by atoms with Crippen molar-refractivity contribution in [2.45, 2.75) is 26.3 Å². The summed E-state index contributed by atoms with van der Waals surface area (Å²) in [6.45, 7) is 6.59. The summed E-state index contributed by atoms with van der Waals surface area (Å²) < 4.78 is 4.11. The molecule has 0 spiro atoms. The number of imidazole rings is 1. The number of rotatable bonds is 3. The molecule has 0 radical (unpaired) electrons. The molecule has 2 aromatic carbocycles. The molecule has 0 aliphatic rings. The van der Waals surface area contributed by atoms with Crippen LogP contribution < -0.4 is 5.73 Å². The average Bonchev–Trinajstić information content (AvgIpc) is 3.37. The summed E-state index contributed by atoms with van der Waals surface area (Å²) in [7, 11) is 1.93. The molecule has 0 amide bonds. The van der Waals surface area contributed by atoms with Gasteiger partial charge in [0.25, 0.3) is 0 Å². The second-order valence-corrected chi connectivity index (χ2v) is 8.93. The van der Waals surface area contributed by atoms with E-state index in [1.165, 1.54) is 0 Å². The van der Waals surface area contributed by atoms with Gasteiger partial charge in [0, 0.05) is 47.9 Å². The molecule has 0 saturated heterocycles. The van der Waals surface area contributed by atoms with Gasteiger partial charge >= 0.3 is 0 Å². The van der Waals surface area contributed by atoms with Crippen LogP contribution in [0.1, 0.15) is 20.8 Å². The maximum Gasteiger partial charge on any atom is 0.219 e. The van der Waals surface area contributed by atoms with E-state index in [0.29, 0.717) is 0 Å². The number of nitrogen functional groups attached to an aromatic ring is 1. The van der Waals surface area contributed by atoms with Gasteiger partial charge in [0.15, 0.2) is 0 Å². The Labute approximate surface area is 186 Å². The van der Waals surface area contributed by atoms with Crippen LogP contribution in [0.2, 0.25) is 0 Å². The lowest BCUT2D eigenvalue weighted by Crippen LogP contribution is -2.22. The zero-order valence-corrected chi connectivity index (χ0v) is 18.6. The molecule has 3 aromatic heterocycles. The van der Waals surface area contributed by atoms with Crippen molar-refractivity contribution in [2.75, 3.05) is 5.73 Å². The molecule has 0 atom stereocenters. The topological polar surface area (TPSA) is 87.4 Å². The Morgan fingerprint density at radius 3 is 2.28 bits per heavy atom. The molecule has 0 fully saturated rings. The number of nitrogens with zero attached hydrogens (tertiary/aromatic N) is 6. The Morgan fingerprint density at radius 1 is 0.844 bits per heavy atom. The monoisotopic (exact) mass is 423 g/mol. The summed E-state index contributed by atoms with van der Waals surface area (Å²) in [5, 5.41) is 4.55. The van der Waals surface area contributed by atoms with Gasteiger partial charge in [-0.05, 0) is 50.6 Å². The van der Waals surface area contributed by atoms with Crippen molar-refractivity contribution < 1.29 is 0 Å². The van der Waals surface area contributed by atoms with Crippen molar-refractivity contribution in [3.63, 3.8) is 0 Å². The molecular formula is C25H25N7. The van der Waals surface area contributed by atoms with Crippen LogP contribution in [0.25, 0.3) is 44.8 Å². The third-order valence-electron chi connectivity index (χ3n) is 5.46. The Morgan fingerprint density at radius 2 is 1.59 bits per heavy atom. The van der Waals surface area contributed by atoms with Crippen LogP contribution in [0, 0.1) is 0 Å². The average molecular weight is 424 g/mol. The predicted octanol–water partition coefficient (Wildman–Crippen LogP) is 4.90. The number of anilines is 1. The van der Waals surface area contributed by atoms with Crippen LogP contribution in [0.4, 0.5) is 5.95 Å². The van der Waals surface area contributed by atoms with Crippen LogP contribution in [-0.4, -0.2) is 29.3 Å². The summed E-state index contributed by atoms with van der Waals surface area (Å²) in [6, 6.07) is 16.7. The van der Waals surface area contributed by atoms with Gasteiger partial charge in [-0.25, -0.2) is 15.0 Å². The molecule has 3 heterocycles. The summed E-state index contributed by atoms with van der Waals surface area (Å²) in [5.41, 5.74) is 12.5. The van der Waals surface area contributed by atoms with E-state index >= 15 is 0 Å². The first kappa shape index (κ1) is 19.9. The van der Waals surface area contributed by atoms with Crippen LogP contribution in [-0.2, 0) is 12.6 Å².